The van der Waals surface area contributed by atoms with Crippen molar-refractivity contribution in [3.63, 3.8) is 0 Å². The number of hydrogen-bond acceptors (Lipinski definition) is 4. The van der Waals surface area contributed by atoms with E-state index in [4.69, 9.17) is 22.7 Å². The molecule has 1 fully saturated rings. The summed E-state index contributed by atoms with van der Waals surface area (Å²) in [5.41, 5.74) is 7.33. The van der Waals surface area contributed by atoms with Crippen molar-refractivity contribution in [3.05, 3.63) is 24.0 Å². The second kappa shape index (κ2) is 4.82. The van der Waals surface area contributed by atoms with Gasteiger partial charge >= 0.3 is 0 Å². The molecule has 2 atom stereocenters. The first-order valence-corrected chi connectivity index (χ1v) is 6.41. The van der Waals surface area contributed by atoms with Gasteiger partial charge in [0.15, 0.2) is 0 Å². The molecular weight excluding hydrogens is 246 g/mol. The summed E-state index contributed by atoms with van der Waals surface area (Å²) >= 11 is 5.01. The van der Waals surface area contributed by atoms with Crippen LogP contribution in [0.4, 0.5) is 5.69 Å². The third-order valence-electron chi connectivity index (χ3n) is 3.83. The number of pyridine rings is 1. The number of anilines is 1. The van der Waals surface area contributed by atoms with E-state index in [0.29, 0.717) is 22.8 Å². The Morgan fingerprint density at radius 2 is 2.33 bits per heavy atom. The minimum atomic E-state index is 0.0953. The Bertz CT molecular complexity index is 461. The molecule has 0 aliphatic heterocycles. The predicted octanol–water partition coefficient (Wildman–Crippen LogP) is 1.94. The van der Waals surface area contributed by atoms with Gasteiger partial charge < -0.3 is 15.8 Å². The zero-order chi connectivity index (χ0) is 13.3. The average molecular weight is 265 g/mol. The smallest absolute Gasteiger partial charge is 0.124 e. The van der Waals surface area contributed by atoms with Crippen LogP contribution in [0.2, 0.25) is 0 Å². The first-order valence-electron chi connectivity index (χ1n) is 6.01. The van der Waals surface area contributed by atoms with Crippen LogP contribution in [0.15, 0.2) is 18.3 Å². The van der Waals surface area contributed by atoms with E-state index in [9.17, 15) is 0 Å². The second-order valence-electron chi connectivity index (χ2n) is 5.24. The molecule has 1 aromatic rings. The highest BCUT2D eigenvalue weighted by atomic mass is 32.1. The van der Waals surface area contributed by atoms with Gasteiger partial charge in [0.1, 0.15) is 10.7 Å². The Balaban J connectivity index is 2.14. The summed E-state index contributed by atoms with van der Waals surface area (Å²) in [5.74, 6) is 0. The first-order chi connectivity index (χ1) is 8.46. The number of nitrogens with one attached hydrogen (secondary N) is 1. The van der Waals surface area contributed by atoms with Crippen molar-refractivity contribution in [1.82, 2.24) is 4.98 Å². The molecule has 98 valence electrons. The third-order valence-corrected chi connectivity index (χ3v) is 4.03. The van der Waals surface area contributed by atoms with E-state index in [1.165, 1.54) is 0 Å². The number of thiocarbonyl (C=S) groups is 1. The Morgan fingerprint density at radius 3 is 2.89 bits per heavy atom. The normalized spacial score (nSPS) is 25.3. The number of hydrogen-bond donors (Lipinski definition) is 2. The molecule has 3 N–H and O–H groups in total. The molecule has 0 bridgehead atoms. The van der Waals surface area contributed by atoms with Crippen LogP contribution in [0.25, 0.3) is 0 Å². The molecule has 0 saturated heterocycles. The molecule has 0 spiro atoms. The molecule has 1 aliphatic rings. The van der Waals surface area contributed by atoms with Gasteiger partial charge in [0, 0.05) is 24.8 Å². The fourth-order valence-corrected chi connectivity index (χ4v) is 2.60. The van der Waals surface area contributed by atoms with Gasteiger partial charge in [-0.05, 0) is 18.6 Å². The molecule has 0 amide bonds. The topological polar surface area (TPSA) is 60.2 Å². The fourth-order valence-electron chi connectivity index (χ4n) is 2.44. The van der Waals surface area contributed by atoms with E-state index in [2.05, 4.69) is 24.1 Å². The first kappa shape index (κ1) is 13.2. The van der Waals surface area contributed by atoms with Gasteiger partial charge in [-0.2, -0.15) is 0 Å². The summed E-state index contributed by atoms with van der Waals surface area (Å²) < 4.78 is 5.44. The van der Waals surface area contributed by atoms with E-state index in [0.717, 1.165) is 12.1 Å². The molecule has 5 heteroatoms. The Hall–Kier alpha value is -1.20. The van der Waals surface area contributed by atoms with E-state index in [1.54, 1.807) is 13.3 Å². The monoisotopic (exact) mass is 265 g/mol. The summed E-state index contributed by atoms with van der Waals surface area (Å²) in [6, 6.07) is 4.18. The van der Waals surface area contributed by atoms with Crippen LogP contribution in [0, 0.1) is 5.41 Å². The molecule has 0 radical (unpaired) electrons. The lowest BCUT2D eigenvalue weighted by Crippen LogP contribution is -2.57. The van der Waals surface area contributed by atoms with Crippen molar-refractivity contribution >= 4 is 22.9 Å². The number of nitrogens with two attached hydrogens (primary N) is 1. The summed E-state index contributed by atoms with van der Waals surface area (Å²) in [5, 5.41) is 3.47. The summed E-state index contributed by atoms with van der Waals surface area (Å²) in [6.07, 6.45) is 2.97. The zero-order valence-electron chi connectivity index (χ0n) is 10.9. The maximum absolute atomic E-state index is 5.68. The largest absolute Gasteiger partial charge is 0.388 e. The summed E-state index contributed by atoms with van der Waals surface area (Å²) in [6.45, 7) is 4.39. The number of aromatic nitrogens is 1. The van der Waals surface area contributed by atoms with E-state index < -0.39 is 0 Å². The van der Waals surface area contributed by atoms with Crippen molar-refractivity contribution in [3.8, 4) is 0 Å². The van der Waals surface area contributed by atoms with Crippen LogP contribution in [-0.2, 0) is 4.74 Å². The lowest BCUT2D eigenvalue weighted by molar-refractivity contribution is -0.0794. The van der Waals surface area contributed by atoms with Gasteiger partial charge in [0.05, 0.1) is 11.8 Å². The Morgan fingerprint density at radius 1 is 1.61 bits per heavy atom. The number of ether oxygens (including phenoxy) is 1. The minimum Gasteiger partial charge on any atom is -0.388 e. The number of methoxy groups -OCH3 is 1. The van der Waals surface area contributed by atoms with Gasteiger partial charge in [0.2, 0.25) is 0 Å². The lowest BCUT2D eigenvalue weighted by Gasteiger charge is -2.51. The number of rotatable bonds is 4. The van der Waals surface area contributed by atoms with Gasteiger partial charge in [-0.3, -0.25) is 4.98 Å². The van der Waals surface area contributed by atoms with Crippen LogP contribution in [0.1, 0.15) is 26.0 Å². The van der Waals surface area contributed by atoms with Crippen LogP contribution in [0.3, 0.4) is 0 Å². The molecule has 18 heavy (non-hydrogen) atoms. The van der Waals surface area contributed by atoms with E-state index in [-0.39, 0.29) is 5.41 Å². The quantitative estimate of drug-likeness (QED) is 0.815. The van der Waals surface area contributed by atoms with Crippen LogP contribution >= 0.6 is 12.2 Å². The SMILES string of the molecule is COC1CC(Nc2cccnc2C(N)=S)C1(C)C. The van der Waals surface area contributed by atoms with Crippen LogP contribution in [0.5, 0.6) is 0 Å². The summed E-state index contributed by atoms with van der Waals surface area (Å²) in [7, 11) is 1.76. The van der Waals surface area contributed by atoms with Crippen molar-refractivity contribution in [2.45, 2.75) is 32.4 Å². The van der Waals surface area contributed by atoms with Crippen molar-refractivity contribution in [2.24, 2.45) is 11.1 Å². The Kier molecular flexibility index (Phi) is 3.54. The molecule has 2 unspecified atom stereocenters. The molecule has 2 rings (SSSR count). The Labute approximate surface area is 113 Å². The fraction of sp³-hybridized carbons (Fsp3) is 0.538. The molecule has 1 heterocycles. The second-order valence-corrected chi connectivity index (χ2v) is 5.68. The highest BCUT2D eigenvalue weighted by Gasteiger charge is 2.48. The predicted molar refractivity (Wildman–Crippen MR) is 76.7 cm³/mol. The van der Waals surface area contributed by atoms with Crippen LogP contribution < -0.4 is 11.1 Å². The molecule has 1 aromatic heterocycles. The van der Waals surface area contributed by atoms with E-state index in [1.807, 2.05) is 12.1 Å². The lowest BCUT2D eigenvalue weighted by atomic mass is 9.64. The summed E-state index contributed by atoms with van der Waals surface area (Å²) in [4.78, 5) is 4.53. The van der Waals surface area contributed by atoms with Crippen molar-refractivity contribution in [1.29, 1.82) is 0 Å². The molecule has 0 aromatic carbocycles. The van der Waals surface area contributed by atoms with Crippen molar-refractivity contribution in [2.75, 3.05) is 12.4 Å². The maximum atomic E-state index is 5.68. The van der Waals surface area contributed by atoms with Gasteiger partial charge in [-0.25, -0.2) is 0 Å². The van der Waals surface area contributed by atoms with E-state index >= 15 is 0 Å². The molecule has 4 nitrogen and oxygen atoms in total. The highest BCUT2D eigenvalue weighted by Crippen LogP contribution is 2.44. The van der Waals surface area contributed by atoms with Crippen molar-refractivity contribution < 1.29 is 4.74 Å². The maximum Gasteiger partial charge on any atom is 0.124 e. The van der Waals surface area contributed by atoms with Gasteiger partial charge in [-0.15, -0.1) is 0 Å². The minimum absolute atomic E-state index is 0.0953. The number of nitrogens with zero attached hydrogens (tertiary/aromatic N) is 1. The van der Waals surface area contributed by atoms with Gasteiger partial charge in [0.25, 0.3) is 0 Å². The third kappa shape index (κ3) is 2.20. The standard InChI is InChI=1S/C13H19N3OS/c1-13(2)9(7-10(13)17-3)16-8-5-4-6-15-11(8)12(14)18/h4-6,9-10,16H,7H2,1-3H3,(H2,14,18). The molecular formula is C13H19N3OS. The molecule has 1 saturated carbocycles. The van der Waals surface area contributed by atoms with Gasteiger partial charge in [-0.1, -0.05) is 26.1 Å². The zero-order valence-corrected chi connectivity index (χ0v) is 11.8. The highest BCUT2D eigenvalue weighted by molar-refractivity contribution is 7.80. The molecule has 1 aliphatic carbocycles. The average Bonchev–Trinajstić information content (AvgIpc) is 2.34. The van der Waals surface area contributed by atoms with Crippen LogP contribution in [-0.4, -0.2) is 29.2 Å².